The van der Waals surface area contributed by atoms with Crippen LogP contribution < -0.4 is 14.8 Å². The summed E-state index contributed by atoms with van der Waals surface area (Å²) in [6.45, 7) is 5.63. The van der Waals surface area contributed by atoms with Crippen molar-refractivity contribution in [2.45, 2.75) is 20.3 Å². The minimum Gasteiger partial charge on any atom is -0.490 e. The monoisotopic (exact) mass is 378 g/mol. The molecule has 0 saturated heterocycles. The number of carbonyl (C=O) groups excluding carboxylic acids is 1. The van der Waals surface area contributed by atoms with Gasteiger partial charge in [0.05, 0.1) is 13.2 Å². The van der Waals surface area contributed by atoms with Crippen LogP contribution >= 0.6 is 0 Å². The van der Waals surface area contributed by atoms with Crippen molar-refractivity contribution in [3.05, 3.63) is 78.1 Å². The zero-order valence-corrected chi connectivity index (χ0v) is 16.4. The van der Waals surface area contributed by atoms with Crippen LogP contribution in [0.4, 0.5) is 0 Å². The maximum atomic E-state index is 12.4. The molecule has 0 fully saturated rings. The lowest BCUT2D eigenvalue weighted by Crippen LogP contribution is -2.25. The Morgan fingerprint density at radius 3 is 2.29 bits per heavy atom. The Kier molecular flexibility index (Phi) is 6.73. The van der Waals surface area contributed by atoms with Gasteiger partial charge in [-0.15, -0.1) is 0 Å². The second-order valence-corrected chi connectivity index (χ2v) is 6.29. The molecule has 1 heterocycles. The van der Waals surface area contributed by atoms with Crippen LogP contribution in [0.15, 0.2) is 67.0 Å². The van der Waals surface area contributed by atoms with E-state index in [-0.39, 0.29) is 5.91 Å². The number of hydrogen-bond donors (Lipinski definition) is 1. The van der Waals surface area contributed by atoms with Crippen LogP contribution in [0.2, 0.25) is 0 Å². The number of nitrogens with zero attached hydrogens (tertiary/aromatic N) is 1. The van der Waals surface area contributed by atoms with E-state index in [0.29, 0.717) is 25.3 Å². The Bertz CT molecular complexity index is 887. The Morgan fingerprint density at radius 2 is 1.61 bits per heavy atom. The zero-order valence-electron chi connectivity index (χ0n) is 16.4. The van der Waals surface area contributed by atoms with Gasteiger partial charge < -0.3 is 19.4 Å². The van der Waals surface area contributed by atoms with Crippen LogP contribution in [0.5, 0.6) is 11.5 Å². The van der Waals surface area contributed by atoms with E-state index in [9.17, 15) is 4.79 Å². The summed E-state index contributed by atoms with van der Waals surface area (Å²) in [5, 5.41) is 2.98. The van der Waals surface area contributed by atoms with E-state index in [1.54, 1.807) is 0 Å². The summed E-state index contributed by atoms with van der Waals surface area (Å²) < 4.78 is 13.2. The third-order valence-electron chi connectivity index (χ3n) is 4.34. The summed E-state index contributed by atoms with van der Waals surface area (Å²) in [5.74, 6) is 1.42. The van der Waals surface area contributed by atoms with Gasteiger partial charge >= 0.3 is 0 Å². The summed E-state index contributed by atoms with van der Waals surface area (Å²) in [4.78, 5) is 12.4. The molecule has 0 aliphatic rings. The van der Waals surface area contributed by atoms with Crippen LogP contribution in [-0.4, -0.2) is 30.2 Å². The molecule has 1 N–H and O–H groups in total. The lowest BCUT2D eigenvalue weighted by Gasteiger charge is -2.12. The molecule has 0 aliphatic carbocycles. The van der Waals surface area contributed by atoms with Crippen molar-refractivity contribution < 1.29 is 14.3 Å². The maximum absolute atomic E-state index is 12.4. The second kappa shape index (κ2) is 9.65. The standard InChI is InChI=1S/C23H26N2O3/c1-3-27-21-12-7-18(17-22(21)28-4-2)13-14-24-23(26)19-8-10-20(11-9-19)25-15-5-6-16-25/h5-12,15-17H,3-4,13-14H2,1-2H3,(H,24,26). The maximum Gasteiger partial charge on any atom is 0.251 e. The summed E-state index contributed by atoms with van der Waals surface area (Å²) in [6.07, 6.45) is 4.67. The minimum absolute atomic E-state index is 0.0741. The molecule has 0 bridgehead atoms. The normalized spacial score (nSPS) is 10.5. The number of ether oxygens (including phenoxy) is 2. The summed E-state index contributed by atoms with van der Waals surface area (Å²) in [5.41, 5.74) is 2.77. The van der Waals surface area contributed by atoms with Gasteiger partial charge in [-0.3, -0.25) is 4.79 Å². The topological polar surface area (TPSA) is 52.5 Å². The van der Waals surface area contributed by atoms with Crippen LogP contribution in [0.25, 0.3) is 5.69 Å². The van der Waals surface area contributed by atoms with Crippen LogP contribution in [0.1, 0.15) is 29.8 Å². The molecular weight excluding hydrogens is 352 g/mol. The van der Waals surface area contributed by atoms with Crippen LogP contribution in [-0.2, 0) is 6.42 Å². The van der Waals surface area contributed by atoms with E-state index in [0.717, 1.165) is 29.2 Å². The molecule has 0 saturated carbocycles. The lowest BCUT2D eigenvalue weighted by atomic mass is 10.1. The van der Waals surface area contributed by atoms with E-state index in [1.165, 1.54) is 0 Å². The first kappa shape index (κ1) is 19.5. The number of rotatable bonds is 9. The first-order valence-corrected chi connectivity index (χ1v) is 9.61. The molecule has 0 spiro atoms. The molecule has 5 heteroatoms. The fourth-order valence-corrected chi connectivity index (χ4v) is 2.97. The molecule has 0 radical (unpaired) electrons. The largest absolute Gasteiger partial charge is 0.490 e. The number of aromatic nitrogens is 1. The predicted octanol–water partition coefficient (Wildman–Crippen LogP) is 4.25. The molecule has 0 aliphatic heterocycles. The molecule has 5 nitrogen and oxygen atoms in total. The molecule has 146 valence electrons. The first-order valence-electron chi connectivity index (χ1n) is 9.61. The number of benzene rings is 2. The highest BCUT2D eigenvalue weighted by Gasteiger charge is 2.08. The summed E-state index contributed by atoms with van der Waals surface area (Å²) in [7, 11) is 0. The van der Waals surface area contributed by atoms with Gasteiger partial charge in [-0.1, -0.05) is 6.07 Å². The first-order chi connectivity index (χ1) is 13.7. The molecule has 2 aromatic carbocycles. The predicted molar refractivity (Wildman–Crippen MR) is 111 cm³/mol. The van der Waals surface area contributed by atoms with Crippen LogP contribution in [0, 0.1) is 0 Å². The highest BCUT2D eigenvalue weighted by molar-refractivity contribution is 5.94. The average molecular weight is 378 g/mol. The van der Waals surface area contributed by atoms with Gasteiger partial charge in [0.2, 0.25) is 0 Å². The number of amides is 1. The molecule has 28 heavy (non-hydrogen) atoms. The van der Waals surface area contributed by atoms with Gasteiger partial charge in [0.25, 0.3) is 5.91 Å². The fraction of sp³-hybridized carbons (Fsp3) is 0.261. The molecule has 3 rings (SSSR count). The lowest BCUT2D eigenvalue weighted by molar-refractivity contribution is 0.0954. The zero-order chi connectivity index (χ0) is 19.8. The van der Waals surface area contributed by atoms with Gasteiger partial charge in [-0.2, -0.15) is 0 Å². The average Bonchev–Trinajstić information content (AvgIpc) is 3.25. The Hall–Kier alpha value is -3.21. The Labute approximate surface area is 165 Å². The van der Waals surface area contributed by atoms with Crippen molar-refractivity contribution >= 4 is 5.91 Å². The van der Waals surface area contributed by atoms with Gasteiger partial charge in [0.1, 0.15) is 0 Å². The van der Waals surface area contributed by atoms with Crippen LogP contribution in [0.3, 0.4) is 0 Å². The van der Waals surface area contributed by atoms with Gasteiger partial charge in [-0.25, -0.2) is 0 Å². The highest BCUT2D eigenvalue weighted by Crippen LogP contribution is 2.28. The van der Waals surface area contributed by atoms with E-state index in [4.69, 9.17) is 9.47 Å². The fourth-order valence-electron chi connectivity index (χ4n) is 2.97. The molecule has 1 amide bonds. The second-order valence-electron chi connectivity index (χ2n) is 6.29. The van der Waals surface area contributed by atoms with E-state index in [1.807, 2.05) is 85.4 Å². The van der Waals surface area contributed by atoms with Gasteiger partial charge in [-0.05, 0) is 74.4 Å². The number of hydrogen-bond acceptors (Lipinski definition) is 3. The van der Waals surface area contributed by atoms with E-state index >= 15 is 0 Å². The van der Waals surface area contributed by atoms with Gasteiger partial charge in [0.15, 0.2) is 11.5 Å². The molecule has 1 aromatic heterocycles. The molecule has 0 unspecified atom stereocenters. The van der Waals surface area contributed by atoms with Gasteiger partial charge in [0, 0.05) is 30.2 Å². The summed E-state index contributed by atoms with van der Waals surface area (Å²) >= 11 is 0. The van der Waals surface area contributed by atoms with Crippen molar-refractivity contribution in [1.29, 1.82) is 0 Å². The van der Waals surface area contributed by atoms with E-state index in [2.05, 4.69) is 5.32 Å². The quantitative estimate of drug-likeness (QED) is 0.606. The minimum atomic E-state index is -0.0741. The van der Waals surface area contributed by atoms with Crippen molar-refractivity contribution in [2.24, 2.45) is 0 Å². The summed E-state index contributed by atoms with van der Waals surface area (Å²) in [6, 6.07) is 17.4. The third-order valence-corrected chi connectivity index (χ3v) is 4.34. The van der Waals surface area contributed by atoms with E-state index < -0.39 is 0 Å². The molecule has 3 aromatic rings. The van der Waals surface area contributed by atoms with Crippen molar-refractivity contribution in [3.8, 4) is 17.2 Å². The number of carbonyl (C=O) groups is 1. The third kappa shape index (κ3) is 4.94. The SMILES string of the molecule is CCOc1ccc(CCNC(=O)c2ccc(-n3cccc3)cc2)cc1OCC. The van der Waals surface area contributed by atoms with Crippen molar-refractivity contribution in [3.63, 3.8) is 0 Å². The Morgan fingerprint density at radius 1 is 0.929 bits per heavy atom. The van der Waals surface area contributed by atoms with Crippen molar-refractivity contribution in [1.82, 2.24) is 9.88 Å². The smallest absolute Gasteiger partial charge is 0.251 e. The van der Waals surface area contributed by atoms with Crippen molar-refractivity contribution in [2.75, 3.05) is 19.8 Å². The Balaban J connectivity index is 1.55. The number of nitrogens with one attached hydrogen (secondary N) is 1. The highest BCUT2D eigenvalue weighted by atomic mass is 16.5. The molecular formula is C23H26N2O3. The molecule has 0 atom stereocenters.